The Labute approximate surface area is 119 Å². The molecule has 72 valence electrons. The number of carboxylic acids is 1. The second-order valence-electron chi connectivity index (χ2n) is 2.27. The van der Waals surface area contributed by atoms with Crippen LogP contribution in [0, 0.1) is 0 Å². The summed E-state index contributed by atoms with van der Waals surface area (Å²) in [7, 11) is -3.98. The molecule has 0 saturated heterocycles. The van der Waals surface area contributed by atoms with Crippen molar-refractivity contribution in [3.05, 3.63) is 11.6 Å². The molecule has 0 aromatic rings. The van der Waals surface area contributed by atoms with E-state index in [1.165, 1.54) is 13.0 Å². The van der Waals surface area contributed by atoms with Gasteiger partial charge in [-0.1, -0.05) is 6.08 Å². The third-order valence-electron chi connectivity index (χ3n) is 1.16. The van der Waals surface area contributed by atoms with Gasteiger partial charge in [-0.05, 0) is 13.3 Å². The van der Waals surface area contributed by atoms with Crippen LogP contribution in [0.15, 0.2) is 11.6 Å². The molecule has 13 heavy (non-hydrogen) atoms. The van der Waals surface area contributed by atoms with Gasteiger partial charge < -0.3 is 5.11 Å². The van der Waals surface area contributed by atoms with E-state index in [0.717, 1.165) is 0 Å². The van der Waals surface area contributed by atoms with E-state index in [4.69, 9.17) is 9.66 Å². The van der Waals surface area contributed by atoms with Gasteiger partial charge in [0.2, 0.25) is 0 Å². The normalized spacial score (nSPS) is 12.0. The van der Waals surface area contributed by atoms with Crippen molar-refractivity contribution in [1.29, 1.82) is 0 Å². The van der Waals surface area contributed by atoms with Crippen molar-refractivity contribution in [1.82, 2.24) is 0 Å². The molecule has 0 heterocycles. The van der Waals surface area contributed by atoms with Crippen LogP contribution in [0.1, 0.15) is 13.3 Å². The maximum atomic E-state index is 10.2. The van der Waals surface area contributed by atoms with Gasteiger partial charge in [-0.2, -0.15) is 8.42 Å². The topological polar surface area (TPSA) is 91.7 Å². The van der Waals surface area contributed by atoms with Crippen molar-refractivity contribution in [3.8, 4) is 0 Å². The molecule has 0 aliphatic carbocycles. The molecule has 0 amide bonds. The Bertz CT molecular complexity index is 292. The molecular formula is C6H11KO5S. The molecule has 0 atom stereocenters. The van der Waals surface area contributed by atoms with E-state index < -0.39 is 21.8 Å². The van der Waals surface area contributed by atoms with Crippen LogP contribution in [0.4, 0.5) is 0 Å². The van der Waals surface area contributed by atoms with Gasteiger partial charge >= 0.3 is 57.4 Å². The zero-order valence-electron chi connectivity index (χ0n) is 6.52. The summed E-state index contributed by atoms with van der Waals surface area (Å²) in [6, 6.07) is 0. The quantitative estimate of drug-likeness (QED) is 0.394. The van der Waals surface area contributed by atoms with Crippen LogP contribution in [-0.2, 0) is 14.9 Å². The number of allylic oxidation sites excluding steroid dienone is 1. The van der Waals surface area contributed by atoms with Crippen LogP contribution in [0.2, 0.25) is 0 Å². The first kappa shape index (κ1) is 16.2. The molecule has 0 fully saturated rings. The Morgan fingerprint density at radius 3 is 2.23 bits per heavy atom. The summed E-state index contributed by atoms with van der Waals surface area (Å²) in [6.45, 7) is 1.35. The van der Waals surface area contributed by atoms with Crippen molar-refractivity contribution in [2.75, 3.05) is 5.75 Å². The second kappa shape index (κ2) is 7.10. The first-order valence-electron chi connectivity index (χ1n) is 3.18. The predicted octanol–water partition coefficient (Wildman–Crippen LogP) is -0.353. The van der Waals surface area contributed by atoms with E-state index in [1.54, 1.807) is 0 Å². The Kier molecular flexibility index (Phi) is 8.85. The molecule has 0 aliphatic heterocycles. The van der Waals surface area contributed by atoms with E-state index in [9.17, 15) is 13.2 Å². The number of hydrogen-bond donors (Lipinski definition) is 2. The van der Waals surface area contributed by atoms with Gasteiger partial charge in [0.25, 0.3) is 10.1 Å². The standard InChI is InChI=1S/C6H10O5S.K.H/c1-5(6(7)8)3-2-4-12(9,10)11;;/h3H,2,4H2,1H3,(H,7,8)(H,9,10,11);;. The zero-order chi connectivity index (χ0) is 9.78. The van der Waals surface area contributed by atoms with Gasteiger partial charge in [0, 0.05) is 5.57 Å². The summed E-state index contributed by atoms with van der Waals surface area (Å²) < 4.78 is 28.6. The summed E-state index contributed by atoms with van der Waals surface area (Å²) >= 11 is 0. The fraction of sp³-hybridized carbons (Fsp3) is 0.500. The molecular weight excluding hydrogens is 223 g/mol. The second-order valence-corrected chi connectivity index (χ2v) is 3.84. The van der Waals surface area contributed by atoms with E-state index in [-0.39, 0.29) is 63.4 Å². The third kappa shape index (κ3) is 10.7. The molecule has 7 heteroatoms. The first-order valence-corrected chi connectivity index (χ1v) is 4.79. The average Bonchev–Trinajstić information content (AvgIpc) is 1.84. The summed E-state index contributed by atoms with van der Waals surface area (Å²) in [5, 5.41) is 8.33. The SMILES string of the molecule is CC(=CCCS(=O)(=O)O)C(=O)O.[KH]. The van der Waals surface area contributed by atoms with Crippen LogP contribution >= 0.6 is 0 Å². The zero-order valence-corrected chi connectivity index (χ0v) is 7.34. The Morgan fingerprint density at radius 2 is 1.92 bits per heavy atom. The van der Waals surface area contributed by atoms with Crippen LogP contribution < -0.4 is 0 Å². The number of carboxylic acid groups (broad SMARTS) is 1. The average molecular weight is 234 g/mol. The van der Waals surface area contributed by atoms with Crippen molar-refractivity contribution >= 4 is 67.5 Å². The van der Waals surface area contributed by atoms with Crippen LogP contribution in [0.5, 0.6) is 0 Å². The van der Waals surface area contributed by atoms with Gasteiger partial charge in [-0.25, -0.2) is 4.79 Å². The minimum atomic E-state index is -3.98. The Morgan fingerprint density at radius 1 is 1.46 bits per heavy atom. The molecule has 2 N–H and O–H groups in total. The van der Waals surface area contributed by atoms with Crippen LogP contribution in [0.25, 0.3) is 0 Å². The van der Waals surface area contributed by atoms with Crippen molar-refractivity contribution in [2.45, 2.75) is 13.3 Å². The Hall–Kier alpha value is 0.756. The van der Waals surface area contributed by atoms with Crippen molar-refractivity contribution in [3.63, 3.8) is 0 Å². The molecule has 0 radical (unpaired) electrons. The van der Waals surface area contributed by atoms with Crippen molar-refractivity contribution < 1.29 is 22.9 Å². The number of aliphatic carboxylic acids is 1. The van der Waals surface area contributed by atoms with Crippen molar-refractivity contribution in [2.24, 2.45) is 0 Å². The van der Waals surface area contributed by atoms with E-state index in [2.05, 4.69) is 0 Å². The number of carbonyl (C=O) groups is 1. The molecule has 0 aliphatic rings. The fourth-order valence-corrected chi connectivity index (χ4v) is 0.927. The minimum absolute atomic E-state index is 0. The van der Waals surface area contributed by atoms with Crippen LogP contribution in [-0.4, -0.2) is 81.2 Å². The monoisotopic (exact) mass is 234 g/mol. The summed E-state index contributed by atoms with van der Waals surface area (Å²) in [5.41, 5.74) is 0.0682. The van der Waals surface area contributed by atoms with E-state index in [1.807, 2.05) is 0 Å². The number of rotatable bonds is 4. The van der Waals surface area contributed by atoms with Gasteiger partial charge in [0.15, 0.2) is 0 Å². The number of hydrogen-bond acceptors (Lipinski definition) is 3. The van der Waals surface area contributed by atoms with Gasteiger partial charge in [0.05, 0.1) is 5.75 Å². The molecule has 0 aromatic heterocycles. The molecule has 0 spiro atoms. The van der Waals surface area contributed by atoms with E-state index in [0.29, 0.717) is 0 Å². The Balaban J connectivity index is 0. The molecule has 0 unspecified atom stereocenters. The van der Waals surface area contributed by atoms with Crippen LogP contribution in [0.3, 0.4) is 0 Å². The molecule has 5 nitrogen and oxygen atoms in total. The maximum absolute atomic E-state index is 10.2. The molecule has 0 aromatic carbocycles. The predicted molar refractivity (Wildman–Crippen MR) is 49.6 cm³/mol. The molecule has 0 bridgehead atoms. The summed E-state index contributed by atoms with van der Waals surface area (Å²) in [5.74, 6) is -1.54. The summed E-state index contributed by atoms with van der Waals surface area (Å²) in [6.07, 6.45) is 1.26. The fourth-order valence-electron chi connectivity index (χ4n) is 0.512. The third-order valence-corrected chi connectivity index (χ3v) is 1.92. The molecule has 0 saturated carbocycles. The van der Waals surface area contributed by atoms with Gasteiger partial charge in [0.1, 0.15) is 0 Å². The summed E-state index contributed by atoms with van der Waals surface area (Å²) in [4.78, 5) is 10.2. The molecule has 0 rings (SSSR count). The first-order chi connectivity index (χ1) is 5.33. The van der Waals surface area contributed by atoms with Gasteiger partial charge in [-0.3, -0.25) is 4.55 Å². The van der Waals surface area contributed by atoms with Gasteiger partial charge in [-0.15, -0.1) is 0 Å². The van der Waals surface area contributed by atoms with E-state index >= 15 is 0 Å².